The monoisotopic (exact) mass is 420 g/mol. The summed E-state index contributed by atoms with van der Waals surface area (Å²) in [6.45, 7) is 4.81. The molecule has 0 aliphatic carbocycles. The molecule has 1 aliphatic heterocycles. The number of carbonyl (C=O) groups is 2. The second-order valence-electron chi connectivity index (χ2n) is 8.03. The first-order chi connectivity index (χ1) is 15.0. The summed E-state index contributed by atoms with van der Waals surface area (Å²) in [4.78, 5) is 36.3. The molecule has 3 aromatic rings. The quantitative estimate of drug-likeness (QED) is 0.674. The SMILES string of the molecule is Cc1nonc1CNC(=O)[C@@]1(C)CCCN(C(=O)c2cnc(-c3ccccc3)nc2)C1. The Hall–Kier alpha value is -3.62. The lowest BCUT2D eigenvalue weighted by Gasteiger charge is -2.39. The molecule has 160 valence electrons. The van der Waals surface area contributed by atoms with E-state index in [0.717, 1.165) is 12.0 Å². The lowest BCUT2D eigenvalue weighted by Crippen LogP contribution is -2.51. The van der Waals surface area contributed by atoms with Crippen LogP contribution in [0.3, 0.4) is 0 Å². The maximum absolute atomic E-state index is 13.0. The van der Waals surface area contributed by atoms with Crippen LogP contribution in [-0.4, -0.2) is 50.1 Å². The Morgan fingerprint density at radius 2 is 1.90 bits per heavy atom. The van der Waals surface area contributed by atoms with Crippen LogP contribution in [0.4, 0.5) is 0 Å². The predicted octanol–water partition coefficient (Wildman–Crippen LogP) is 2.39. The van der Waals surface area contributed by atoms with Gasteiger partial charge in [-0.2, -0.15) is 0 Å². The number of aryl methyl sites for hydroxylation is 1. The minimum atomic E-state index is -0.691. The molecule has 0 saturated carbocycles. The fourth-order valence-corrected chi connectivity index (χ4v) is 3.74. The van der Waals surface area contributed by atoms with Crippen LogP contribution in [0.1, 0.15) is 41.5 Å². The largest absolute Gasteiger partial charge is 0.350 e. The number of carbonyl (C=O) groups excluding carboxylic acids is 2. The molecular weight excluding hydrogens is 396 g/mol. The van der Waals surface area contributed by atoms with Gasteiger partial charge >= 0.3 is 0 Å². The van der Waals surface area contributed by atoms with Crippen LogP contribution in [-0.2, 0) is 11.3 Å². The number of nitrogens with zero attached hydrogens (tertiary/aromatic N) is 5. The molecule has 1 atom stereocenters. The van der Waals surface area contributed by atoms with Gasteiger partial charge in [0.05, 0.1) is 17.5 Å². The molecule has 0 unspecified atom stereocenters. The average molecular weight is 420 g/mol. The number of nitrogens with one attached hydrogen (secondary N) is 1. The summed E-state index contributed by atoms with van der Waals surface area (Å²) in [6.07, 6.45) is 4.53. The van der Waals surface area contributed by atoms with Gasteiger partial charge in [0.1, 0.15) is 11.4 Å². The molecule has 1 N–H and O–H groups in total. The number of benzene rings is 1. The predicted molar refractivity (Wildman–Crippen MR) is 112 cm³/mol. The van der Waals surface area contributed by atoms with Gasteiger partial charge in [0.25, 0.3) is 5.91 Å². The van der Waals surface area contributed by atoms with Gasteiger partial charge in [0.2, 0.25) is 5.91 Å². The molecule has 0 bridgehead atoms. The number of hydrogen-bond donors (Lipinski definition) is 1. The van der Waals surface area contributed by atoms with Crippen LogP contribution in [0.5, 0.6) is 0 Å². The minimum Gasteiger partial charge on any atom is -0.350 e. The van der Waals surface area contributed by atoms with Crippen molar-refractivity contribution in [2.75, 3.05) is 13.1 Å². The molecule has 2 amide bonds. The van der Waals surface area contributed by atoms with Crippen molar-refractivity contribution in [1.29, 1.82) is 0 Å². The number of rotatable bonds is 5. The van der Waals surface area contributed by atoms with E-state index in [1.54, 1.807) is 24.2 Å². The average Bonchev–Trinajstić information content (AvgIpc) is 3.22. The van der Waals surface area contributed by atoms with Crippen LogP contribution in [0.15, 0.2) is 47.4 Å². The van der Waals surface area contributed by atoms with Crippen molar-refractivity contribution in [2.24, 2.45) is 5.41 Å². The number of likely N-dealkylation sites (tertiary alicyclic amines) is 1. The van der Waals surface area contributed by atoms with Crippen molar-refractivity contribution in [3.8, 4) is 11.4 Å². The van der Waals surface area contributed by atoms with E-state index >= 15 is 0 Å². The van der Waals surface area contributed by atoms with E-state index in [2.05, 4.69) is 30.2 Å². The summed E-state index contributed by atoms with van der Waals surface area (Å²) in [6, 6.07) is 9.59. The van der Waals surface area contributed by atoms with Crippen LogP contribution < -0.4 is 5.32 Å². The number of hydrogen-bond acceptors (Lipinski definition) is 7. The third-order valence-corrected chi connectivity index (χ3v) is 5.63. The molecular formula is C22H24N6O3. The highest BCUT2D eigenvalue weighted by atomic mass is 16.6. The maximum Gasteiger partial charge on any atom is 0.257 e. The highest BCUT2D eigenvalue weighted by Crippen LogP contribution is 2.30. The summed E-state index contributed by atoms with van der Waals surface area (Å²) in [7, 11) is 0. The molecule has 0 radical (unpaired) electrons. The highest BCUT2D eigenvalue weighted by Gasteiger charge is 2.39. The normalized spacial score (nSPS) is 18.6. The summed E-state index contributed by atoms with van der Waals surface area (Å²) in [5.41, 5.74) is 1.85. The molecule has 9 heteroatoms. The van der Waals surface area contributed by atoms with Crippen LogP contribution in [0.25, 0.3) is 11.4 Å². The van der Waals surface area contributed by atoms with Gasteiger partial charge in [-0.15, -0.1) is 0 Å². The fraction of sp³-hybridized carbons (Fsp3) is 0.364. The second-order valence-corrected chi connectivity index (χ2v) is 8.03. The van der Waals surface area contributed by atoms with Gasteiger partial charge in [-0.25, -0.2) is 14.6 Å². The van der Waals surface area contributed by atoms with E-state index in [0.29, 0.717) is 42.3 Å². The smallest absolute Gasteiger partial charge is 0.257 e. The summed E-state index contributed by atoms with van der Waals surface area (Å²) < 4.78 is 4.67. The molecule has 1 aliphatic rings. The van der Waals surface area contributed by atoms with Crippen molar-refractivity contribution < 1.29 is 14.2 Å². The zero-order valence-corrected chi connectivity index (χ0v) is 17.5. The van der Waals surface area contributed by atoms with E-state index in [4.69, 9.17) is 0 Å². The molecule has 1 saturated heterocycles. The van der Waals surface area contributed by atoms with E-state index in [1.165, 1.54) is 0 Å². The molecule has 1 aromatic carbocycles. The number of piperidine rings is 1. The Labute approximate surface area is 179 Å². The van der Waals surface area contributed by atoms with Gasteiger partial charge < -0.3 is 10.2 Å². The summed E-state index contributed by atoms with van der Waals surface area (Å²) in [5.74, 6) is 0.274. The van der Waals surface area contributed by atoms with Gasteiger partial charge in [-0.3, -0.25) is 9.59 Å². The van der Waals surface area contributed by atoms with Gasteiger partial charge in [-0.1, -0.05) is 40.6 Å². The van der Waals surface area contributed by atoms with E-state index in [-0.39, 0.29) is 18.4 Å². The zero-order chi connectivity index (χ0) is 21.8. The van der Waals surface area contributed by atoms with Crippen molar-refractivity contribution in [3.05, 3.63) is 59.7 Å². The first-order valence-corrected chi connectivity index (χ1v) is 10.2. The maximum atomic E-state index is 13.0. The lowest BCUT2D eigenvalue weighted by molar-refractivity contribution is -0.132. The molecule has 31 heavy (non-hydrogen) atoms. The third-order valence-electron chi connectivity index (χ3n) is 5.63. The van der Waals surface area contributed by atoms with Crippen molar-refractivity contribution in [1.82, 2.24) is 30.5 Å². The molecule has 1 fully saturated rings. The van der Waals surface area contributed by atoms with Crippen molar-refractivity contribution in [3.63, 3.8) is 0 Å². The molecule has 3 heterocycles. The van der Waals surface area contributed by atoms with Crippen LogP contribution >= 0.6 is 0 Å². The number of aromatic nitrogens is 4. The highest BCUT2D eigenvalue weighted by molar-refractivity contribution is 5.94. The molecule has 0 spiro atoms. The van der Waals surface area contributed by atoms with Crippen molar-refractivity contribution >= 4 is 11.8 Å². The van der Waals surface area contributed by atoms with Gasteiger partial charge in [0, 0.05) is 31.0 Å². The zero-order valence-electron chi connectivity index (χ0n) is 17.5. The Balaban J connectivity index is 1.42. The van der Waals surface area contributed by atoms with Crippen molar-refractivity contribution in [2.45, 2.75) is 33.2 Å². The Morgan fingerprint density at radius 1 is 1.16 bits per heavy atom. The Morgan fingerprint density at radius 3 is 2.58 bits per heavy atom. The topological polar surface area (TPSA) is 114 Å². The van der Waals surface area contributed by atoms with E-state index < -0.39 is 5.41 Å². The first-order valence-electron chi connectivity index (χ1n) is 10.2. The van der Waals surface area contributed by atoms with Crippen LogP contribution in [0, 0.1) is 12.3 Å². The fourth-order valence-electron chi connectivity index (χ4n) is 3.74. The third kappa shape index (κ3) is 4.45. The summed E-state index contributed by atoms with van der Waals surface area (Å²) in [5, 5.41) is 10.4. The van der Waals surface area contributed by atoms with E-state index in [9.17, 15) is 9.59 Å². The first kappa shape index (κ1) is 20.6. The lowest BCUT2D eigenvalue weighted by atomic mass is 9.80. The van der Waals surface area contributed by atoms with Gasteiger partial charge in [0.15, 0.2) is 5.82 Å². The molecule has 9 nitrogen and oxygen atoms in total. The Kier molecular flexibility index (Phi) is 5.75. The van der Waals surface area contributed by atoms with E-state index in [1.807, 2.05) is 37.3 Å². The second kappa shape index (κ2) is 8.63. The summed E-state index contributed by atoms with van der Waals surface area (Å²) >= 11 is 0. The van der Waals surface area contributed by atoms with Gasteiger partial charge in [-0.05, 0) is 26.7 Å². The number of amides is 2. The molecule has 2 aromatic heterocycles. The van der Waals surface area contributed by atoms with Crippen LogP contribution in [0.2, 0.25) is 0 Å². The standard InChI is InChI=1S/C22H24N6O3/c1-15-18(27-31-26-15)13-25-21(30)22(2)9-6-10-28(14-22)20(29)17-11-23-19(24-12-17)16-7-4-3-5-8-16/h3-5,7-8,11-12H,6,9-10,13-14H2,1-2H3,(H,25,30)/t22-/m0/s1. The Bertz CT molecular complexity index is 1070. The minimum absolute atomic E-state index is 0.122. The molecule has 4 rings (SSSR count).